The Morgan fingerprint density at radius 1 is 1.62 bits per heavy atom. The van der Waals surface area contributed by atoms with Gasteiger partial charge >= 0.3 is 8.03 Å². The van der Waals surface area contributed by atoms with Crippen molar-refractivity contribution in [3.05, 3.63) is 0 Å². The summed E-state index contributed by atoms with van der Waals surface area (Å²) in [5, 5.41) is 0. The second-order valence-corrected chi connectivity index (χ2v) is 3.07. The van der Waals surface area contributed by atoms with E-state index in [1.807, 2.05) is 0 Å². The summed E-state index contributed by atoms with van der Waals surface area (Å²) in [5.74, 6) is 0. The van der Waals surface area contributed by atoms with Crippen LogP contribution in [0.1, 0.15) is 19.8 Å². The van der Waals surface area contributed by atoms with Crippen LogP contribution in [0.4, 0.5) is 0 Å². The topological polar surface area (TPSA) is 26.3 Å². The average Bonchev–Trinajstić information content (AvgIpc) is 1.83. The van der Waals surface area contributed by atoms with Crippen LogP contribution >= 0.6 is 8.03 Å². The Bertz CT molecular complexity index is 72.8. The van der Waals surface area contributed by atoms with Crippen LogP contribution in [0.3, 0.4) is 0 Å². The SMILES string of the molecule is CCCC[P+](=O)OC. The highest BCUT2D eigenvalue weighted by Gasteiger charge is 2.11. The summed E-state index contributed by atoms with van der Waals surface area (Å²) in [4.78, 5) is 0. The molecule has 0 aromatic heterocycles. The highest BCUT2D eigenvalue weighted by Crippen LogP contribution is 2.21. The zero-order valence-corrected chi connectivity index (χ0v) is 6.28. The van der Waals surface area contributed by atoms with Gasteiger partial charge in [-0.25, -0.2) is 0 Å². The van der Waals surface area contributed by atoms with Crippen LogP contribution in [-0.4, -0.2) is 13.3 Å². The van der Waals surface area contributed by atoms with Crippen molar-refractivity contribution in [2.45, 2.75) is 19.8 Å². The number of unbranched alkanes of at least 4 members (excludes halogenated alkanes) is 1. The van der Waals surface area contributed by atoms with Crippen LogP contribution in [0.15, 0.2) is 0 Å². The van der Waals surface area contributed by atoms with Gasteiger partial charge in [-0.1, -0.05) is 13.3 Å². The lowest BCUT2D eigenvalue weighted by atomic mass is 10.4. The van der Waals surface area contributed by atoms with E-state index < -0.39 is 8.03 Å². The number of hydrogen-bond acceptors (Lipinski definition) is 2. The molecule has 0 N–H and O–H groups in total. The quantitative estimate of drug-likeness (QED) is 0.552. The maximum atomic E-state index is 10.5. The van der Waals surface area contributed by atoms with Gasteiger partial charge < -0.3 is 0 Å². The molecule has 0 aromatic rings. The molecule has 0 radical (unpaired) electrons. The van der Waals surface area contributed by atoms with Crippen LogP contribution in [0.5, 0.6) is 0 Å². The van der Waals surface area contributed by atoms with Crippen molar-refractivity contribution < 1.29 is 9.09 Å². The van der Waals surface area contributed by atoms with Crippen molar-refractivity contribution in [1.82, 2.24) is 0 Å². The van der Waals surface area contributed by atoms with E-state index >= 15 is 0 Å². The zero-order chi connectivity index (χ0) is 6.41. The van der Waals surface area contributed by atoms with Gasteiger partial charge in [0.15, 0.2) is 6.16 Å². The smallest absolute Gasteiger partial charge is 0.150 e. The third-order valence-corrected chi connectivity index (χ3v) is 1.99. The van der Waals surface area contributed by atoms with Crippen molar-refractivity contribution >= 4 is 8.03 Å². The maximum absolute atomic E-state index is 10.5. The molecule has 0 rings (SSSR count). The first-order valence-corrected chi connectivity index (χ1v) is 4.16. The van der Waals surface area contributed by atoms with Crippen molar-refractivity contribution in [3.8, 4) is 0 Å². The first-order valence-electron chi connectivity index (χ1n) is 2.80. The fourth-order valence-corrected chi connectivity index (χ4v) is 1.14. The van der Waals surface area contributed by atoms with Gasteiger partial charge in [-0.15, -0.1) is 4.52 Å². The van der Waals surface area contributed by atoms with E-state index in [9.17, 15) is 4.57 Å². The minimum absolute atomic E-state index is 0.711. The van der Waals surface area contributed by atoms with Gasteiger partial charge in [-0.05, 0) is 11.0 Å². The van der Waals surface area contributed by atoms with Crippen LogP contribution in [-0.2, 0) is 9.09 Å². The minimum atomic E-state index is -1.33. The second-order valence-electron chi connectivity index (χ2n) is 1.59. The standard InChI is InChI=1S/C5H12O2P/c1-3-4-5-8(6)7-2/h3-5H2,1-2H3/q+1. The van der Waals surface area contributed by atoms with E-state index in [1.165, 1.54) is 7.11 Å². The van der Waals surface area contributed by atoms with E-state index in [1.54, 1.807) is 0 Å². The van der Waals surface area contributed by atoms with Gasteiger partial charge in [-0.3, -0.25) is 0 Å². The molecule has 0 amide bonds. The first kappa shape index (κ1) is 8.06. The molecule has 0 aliphatic rings. The molecule has 0 spiro atoms. The lowest BCUT2D eigenvalue weighted by Gasteiger charge is -1.79. The van der Waals surface area contributed by atoms with Crippen molar-refractivity contribution in [3.63, 3.8) is 0 Å². The highest BCUT2D eigenvalue weighted by atomic mass is 31.1. The number of rotatable bonds is 4. The molecule has 0 aliphatic heterocycles. The zero-order valence-electron chi connectivity index (χ0n) is 5.39. The van der Waals surface area contributed by atoms with Crippen LogP contribution in [0, 0.1) is 0 Å². The fourth-order valence-electron chi connectivity index (χ4n) is 0.379. The average molecular weight is 135 g/mol. The summed E-state index contributed by atoms with van der Waals surface area (Å²) in [6.45, 7) is 2.07. The highest BCUT2D eigenvalue weighted by molar-refractivity contribution is 7.39. The molecule has 0 aromatic carbocycles. The molecular formula is C5H12O2P+. The van der Waals surface area contributed by atoms with Crippen molar-refractivity contribution in [2.24, 2.45) is 0 Å². The summed E-state index contributed by atoms with van der Waals surface area (Å²) >= 11 is 0. The summed E-state index contributed by atoms with van der Waals surface area (Å²) in [6, 6.07) is 0. The van der Waals surface area contributed by atoms with Crippen LogP contribution in [0.2, 0.25) is 0 Å². The van der Waals surface area contributed by atoms with E-state index in [0.29, 0.717) is 6.16 Å². The molecule has 1 atom stereocenters. The molecule has 0 bridgehead atoms. The van der Waals surface area contributed by atoms with Gasteiger partial charge in [-0.2, -0.15) is 0 Å². The van der Waals surface area contributed by atoms with Crippen LogP contribution in [0.25, 0.3) is 0 Å². The van der Waals surface area contributed by atoms with E-state index in [2.05, 4.69) is 11.4 Å². The largest absolute Gasteiger partial charge is 0.507 e. The first-order chi connectivity index (χ1) is 3.81. The molecule has 0 saturated carbocycles. The molecule has 0 saturated heterocycles. The lowest BCUT2D eigenvalue weighted by molar-refractivity contribution is 0.413. The van der Waals surface area contributed by atoms with Gasteiger partial charge in [0.2, 0.25) is 0 Å². The normalized spacial score (nSPS) is 11.5. The fraction of sp³-hybridized carbons (Fsp3) is 1.00. The summed E-state index contributed by atoms with van der Waals surface area (Å²) < 4.78 is 15.1. The Morgan fingerprint density at radius 3 is 2.62 bits per heavy atom. The molecule has 1 unspecified atom stereocenters. The Morgan fingerprint density at radius 2 is 2.25 bits per heavy atom. The van der Waals surface area contributed by atoms with Crippen LogP contribution < -0.4 is 0 Å². The van der Waals surface area contributed by atoms with Gasteiger partial charge in [0.1, 0.15) is 0 Å². The van der Waals surface area contributed by atoms with E-state index in [-0.39, 0.29) is 0 Å². The third kappa shape index (κ3) is 4.23. The lowest BCUT2D eigenvalue weighted by Crippen LogP contribution is -1.77. The van der Waals surface area contributed by atoms with Crippen molar-refractivity contribution in [2.75, 3.05) is 13.3 Å². The molecule has 0 fully saturated rings. The monoisotopic (exact) mass is 135 g/mol. The molecule has 48 valence electrons. The summed E-state index contributed by atoms with van der Waals surface area (Å²) in [6.07, 6.45) is 2.80. The minimum Gasteiger partial charge on any atom is -0.150 e. The maximum Gasteiger partial charge on any atom is 0.507 e. The van der Waals surface area contributed by atoms with E-state index in [0.717, 1.165) is 12.8 Å². The van der Waals surface area contributed by atoms with Gasteiger partial charge in [0.05, 0.1) is 7.11 Å². The molecule has 3 heteroatoms. The molecule has 0 aliphatic carbocycles. The molecule has 2 nitrogen and oxygen atoms in total. The van der Waals surface area contributed by atoms with E-state index in [4.69, 9.17) is 0 Å². The predicted octanol–water partition coefficient (Wildman–Crippen LogP) is 2.18. The summed E-state index contributed by atoms with van der Waals surface area (Å²) in [7, 11) is 0.146. The Labute approximate surface area is 51.1 Å². The molecule has 8 heavy (non-hydrogen) atoms. The number of hydrogen-bond donors (Lipinski definition) is 0. The summed E-state index contributed by atoms with van der Waals surface area (Å²) in [5.41, 5.74) is 0. The predicted molar refractivity (Wildman–Crippen MR) is 34.4 cm³/mol. The second kappa shape index (κ2) is 5.20. The third-order valence-electron chi connectivity index (χ3n) is 0.898. The molecule has 0 heterocycles. The van der Waals surface area contributed by atoms with Gasteiger partial charge in [0.25, 0.3) is 0 Å². The molecular weight excluding hydrogens is 123 g/mol. The Balaban J connectivity index is 2.99. The Hall–Kier alpha value is 0.0600. The van der Waals surface area contributed by atoms with Gasteiger partial charge in [0, 0.05) is 0 Å². The Kier molecular flexibility index (Phi) is 5.24. The van der Waals surface area contributed by atoms with Crippen molar-refractivity contribution in [1.29, 1.82) is 0 Å².